The summed E-state index contributed by atoms with van der Waals surface area (Å²) in [6.07, 6.45) is 1.72. The van der Waals surface area contributed by atoms with Gasteiger partial charge in [0.05, 0.1) is 12.9 Å². The molecule has 0 aliphatic carbocycles. The third-order valence-electron chi connectivity index (χ3n) is 2.00. The van der Waals surface area contributed by atoms with E-state index in [1.54, 1.807) is 13.4 Å². The average molecular weight is 247 g/mol. The lowest BCUT2D eigenvalue weighted by atomic mass is 9.91. The lowest BCUT2D eigenvalue weighted by Gasteiger charge is -2.20. The standard InChI is InChI=1S/C10H15BrO2/c1-10(2,7-11)9-8(6-12-3)4-5-13-9/h4-5H,6-7H2,1-3H3. The van der Waals surface area contributed by atoms with Crippen LogP contribution in [0.15, 0.2) is 16.7 Å². The van der Waals surface area contributed by atoms with Crippen LogP contribution in [0.1, 0.15) is 25.2 Å². The summed E-state index contributed by atoms with van der Waals surface area (Å²) in [6, 6.07) is 1.96. The number of halogens is 1. The molecule has 1 aromatic rings. The quantitative estimate of drug-likeness (QED) is 0.763. The molecule has 1 rings (SSSR count). The third-order valence-corrected chi connectivity index (χ3v) is 3.40. The number of rotatable bonds is 4. The fourth-order valence-electron chi connectivity index (χ4n) is 1.26. The summed E-state index contributed by atoms with van der Waals surface area (Å²) in [5.74, 6) is 1.01. The highest BCUT2D eigenvalue weighted by Crippen LogP contribution is 2.29. The third kappa shape index (κ3) is 2.35. The Morgan fingerprint density at radius 2 is 2.23 bits per heavy atom. The van der Waals surface area contributed by atoms with Crippen LogP contribution in [-0.2, 0) is 16.8 Å². The van der Waals surface area contributed by atoms with Crippen molar-refractivity contribution in [2.24, 2.45) is 0 Å². The number of hydrogen-bond acceptors (Lipinski definition) is 2. The molecule has 0 saturated heterocycles. The molecule has 13 heavy (non-hydrogen) atoms. The second-order valence-corrected chi connectivity index (χ2v) is 4.29. The first kappa shape index (κ1) is 10.8. The Balaban J connectivity index is 2.93. The molecule has 0 atom stereocenters. The predicted molar refractivity (Wildman–Crippen MR) is 56.2 cm³/mol. The number of ether oxygens (including phenoxy) is 1. The molecule has 0 amide bonds. The van der Waals surface area contributed by atoms with Crippen molar-refractivity contribution in [3.63, 3.8) is 0 Å². The molecular weight excluding hydrogens is 232 g/mol. The summed E-state index contributed by atoms with van der Waals surface area (Å²) >= 11 is 3.48. The molecule has 0 radical (unpaired) electrons. The van der Waals surface area contributed by atoms with Gasteiger partial charge < -0.3 is 9.15 Å². The maximum Gasteiger partial charge on any atom is 0.115 e. The SMILES string of the molecule is COCc1ccoc1C(C)(C)CBr. The molecule has 74 valence electrons. The van der Waals surface area contributed by atoms with Gasteiger partial charge in [0.25, 0.3) is 0 Å². The van der Waals surface area contributed by atoms with Crippen LogP contribution in [0.4, 0.5) is 0 Å². The molecule has 0 aromatic carbocycles. The van der Waals surface area contributed by atoms with Gasteiger partial charge in [-0.3, -0.25) is 0 Å². The van der Waals surface area contributed by atoms with Crippen molar-refractivity contribution >= 4 is 15.9 Å². The van der Waals surface area contributed by atoms with Gasteiger partial charge in [-0.15, -0.1) is 0 Å². The minimum atomic E-state index is 0.0252. The molecule has 0 spiro atoms. The van der Waals surface area contributed by atoms with E-state index >= 15 is 0 Å². The van der Waals surface area contributed by atoms with Gasteiger partial charge in [0.15, 0.2) is 0 Å². The van der Waals surface area contributed by atoms with Crippen molar-refractivity contribution in [2.45, 2.75) is 25.9 Å². The summed E-state index contributed by atoms with van der Waals surface area (Å²) in [6.45, 7) is 4.89. The van der Waals surface area contributed by atoms with Gasteiger partial charge in [-0.2, -0.15) is 0 Å². The highest BCUT2D eigenvalue weighted by atomic mass is 79.9. The van der Waals surface area contributed by atoms with Gasteiger partial charge in [-0.1, -0.05) is 29.8 Å². The van der Waals surface area contributed by atoms with Crippen LogP contribution in [0.5, 0.6) is 0 Å². The first-order valence-corrected chi connectivity index (χ1v) is 5.35. The highest BCUT2D eigenvalue weighted by Gasteiger charge is 2.25. The Bertz CT molecular complexity index is 266. The topological polar surface area (TPSA) is 22.4 Å². The molecule has 3 heteroatoms. The zero-order chi connectivity index (χ0) is 9.90. The number of hydrogen-bond donors (Lipinski definition) is 0. The minimum absolute atomic E-state index is 0.0252. The molecule has 0 aliphatic heterocycles. The van der Waals surface area contributed by atoms with E-state index in [2.05, 4.69) is 29.8 Å². The minimum Gasteiger partial charge on any atom is -0.468 e. The zero-order valence-electron chi connectivity index (χ0n) is 8.26. The van der Waals surface area contributed by atoms with Crippen molar-refractivity contribution < 1.29 is 9.15 Å². The Hall–Kier alpha value is -0.280. The van der Waals surface area contributed by atoms with Crippen molar-refractivity contribution in [3.05, 3.63) is 23.7 Å². The highest BCUT2D eigenvalue weighted by molar-refractivity contribution is 9.09. The fraction of sp³-hybridized carbons (Fsp3) is 0.600. The van der Waals surface area contributed by atoms with Gasteiger partial charge in [-0.25, -0.2) is 0 Å². The molecule has 0 fully saturated rings. The Kier molecular flexibility index (Phi) is 3.56. The Morgan fingerprint density at radius 3 is 2.77 bits per heavy atom. The number of furan rings is 1. The second-order valence-electron chi connectivity index (χ2n) is 3.73. The summed E-state index contributed by atoms with van der Waals surface area (Å²) < 4.78 is 10.6. The monoisotopic (exact) mass is 246 g/mol. The van der Waals surface area contributed by atoms with Crippen molar-refractivity contribution in [1.82, 2.24) is 0 Å². The molecule has 0 aliphatic rings. The summed E-state index contributed by atoms with van der Waals surface area (Å²) in [7, 11) is 1.69. The Morgan fingerprint density at radius 1 is 1.54 bits per heavy atom. The molecule has 0 N–H and O–H groups in total. The van der Waals surface area contributed by atoms with Gasteiger partial charge in [0.1, 0.15) is 5.76 Å². The maximum atomic E-state index is 5.46. The summed E-state index contributed by atoms with van der Waals surface area (Å²) in [5, 5.41) is 0.879. The van der Waals surface area contributed by atoms with Crippen molar-refractivity contribution in [1.29, 1.82) is 0 Å². The van der Waals surface area contributed by atoms with Crippen molar-refractivity contribution in [2.75, 3.05) is 12.4 Å². The van der Waals surface area contributed by atoms with Crippen LogP contribution in [0.3, 0.4) is 0 Å². The van der Waals surface area contributed by atoms with Gasteiger partial charge in [0, 0.05) is 23.4 Å². The van der Waals surface area contributed by atoms with E-state index in [0.29, 0.717) is 6.61 Å². The van der Waals surface area contributed by atoms with E-state index in [9.17, 15) is 0 Å². The van der Waals surface area contributed by atoms with E-state index in [1.165, 1.54) is 0 Å². The van der Waals surface area contributed by atoms with E-state index in [-0.39, 0.29) is 5.41 Å². The largest absolute Gasteiger partial charge is 0.468 e. The second kappa shape index (κ2) is 4.29. The van der Waals surface area contributed by atoms with Gasteiger partial charge in [-0.05, 0) is 6.07 Å². The zero-order valence-corrected chi connectivity index (χ0v) is 9.85. The Labute approximate surface area is 87.4 Å². The van der Waals surface area contributed by atoms with Crippen LogP contribution in [0.2, 0.25) is 0 Å². The van der Waals surface area contributed by atoms with Crippen LogP contribution in [0, 0.1) is 0 Å². The number of methoxy groups -OCH3 is 1. The fourth-order valence-corrected chi connectivity index (χ4v) is 1.51. The van der Waals surface area contributed by atoms with E-state index in [1.807, 2.05) is 6.07 Å². The average Bonchev–Trinajstić information content (AvgIpc) is 2.54. The van der Waals surface area contributed by atoms with Crippen molar-refractivity contribution in [3.8, 4) is 0 Å². The van der Waals surface area contributed by atoms with Crippen LogP contribution in [0.25, 0.3) is 0 Å². The molecule has 0 bridgehead atoms. The molecule has 2 nitrogen and oxygen atoms in total. The van der Waals surface area contributed by atoms with Crippen LogP contribution in [-0.4, -0.2) is 12.4 Å². The summed E-state index contributed by atoms with van der Waals surface area (Å²) in [5.41, 5.74) is 1.16. The molecule has 0 saturated carbocycles. The smallest absolute Gasteiger partial charge is 0.115 e. The van der Waals surface area contributed by atoms with E-state index < -0.39 is 0 Å². The number of alkyl halides is 1. The predicted octanol–water partition coefficient (Wildman–Crippen LogP) is 3.10. The summed E-state index contributed by atoms with van der Waals surface area (Å²) in [4.78, 5) is 0. The molecular formula is C10H15BrO2. The van der Waals surface area contributed by atoms with Crippen LogP contribution < -0.4 is 0 Å². The van der Waals surface area contributed by atoms with E-state index in [0.717, 1.165) is 16.7 Å². The van der Waals surface area contributed by atoms with Gasteiger partial charge in [0.2, 0.25) is 0 Å². The normalized spacial score (nSPS) is 12.0. The maximum absolute atomic E-state index is 5.46. The van der Waals surface area contributed by atoms with Gasteiger partial charge >= 0.3 is 0 Å². The first-order chi connectivity index (χ1) is 6.11. The molecule has 1 heterocycles. The lowest BCUT2D eigenvalue weighted by molar-refractivity contribution is 0.181. The molecule has 0 unspecified atom stereocenters. The first-order valence-electron chi connectivity index (χ1n) is 4.23. The molecule has 1 aromatic heterocycles. The van der Waals surface area contributed by atoms with E-state index in [4.69, 9.17) is 9.15 Å². The lowest BCUT2D eigenvalue weighted by Crippen LogP contribution is -2.19. The van der Waals surface area contributed by atoms with Crippen LogP contribution >= 0.6 is 15.9 Å².